The highest BCUT2D eigenvalue weighted by atomic mass is 32.1. The molecule has 0 fully saturated rings. The second-order valence-electron chi connectivity index (χ2n) is 4.37. The number of oxime groups is 1. The first-order valence-corrected chi connectivity index (χ1v) is 7.05. The van der Waals surface area contributed by atoms with Gasteiger partial charge in [0, 0.05) is 11.3 Å². The van der Waals surface area contributed by atoms with E-state index in [4.69, 9.17) is 10.9 Å². The molecule has 0 atom stereocenters. The van der Waals surface area contributed by atoms with Crippen LogP contribution in [0.1, 0.15) is 33.4 Å². The van der Waals surface area contributed by atoms with E-state index < -0.39 is 0 Å². The second-order valence-corrected chi connectivity index (χ2v) is 5.13. The van der Waals surface area contributed by atoms with Gasteiger partial charge in [-0.15, -0.1) is 5.10 Å². The van der Waals surface area contributed by atoms with E-state index in [-0.39, 0.29) is 11.7 Å². The Morgan fingerprint density at radius 2 is 2.29 bits per heavy atom. The van der Waals surface area contributed by atoms with Crippen molar-refractivity contribution in [1.82, 2.24) is 9.59 Å². The SMILES string of the molecule is CCc1nnsc1C(=O)Nc1cc(C(N)=NO)ccc1C. The van der Waals surface area contributed by atoms with Crippen LogP contribution in [0.5, 0.6) is 0 Å². The Bertz CT molecular complexity index is 696. The van der Waals surface area contributed by atoms with Crippen molar-refractivity contribution in [3.8, 4) is 0 Å². The molecule has 1 heterocycles. The average Bonchev–Trinajstić information content (AvgIpc) is 2.97. The quantitative estimate of drug-likeness (QED) is 0.345. The zero-order valence-electron chi connectivity index (χ0n) is 11.6. The zero-order chi connectivity index (χ0) is 15.4. The van der Waals surface area contributed by atoms with Crippen molar-refractivity contribution in [3.63, 3.8) is 0 Å². The van der Waals surface area contributed by atoms with Gasteiger partial charge in [-0.2, -0.15) is 0 Å². The predicted molar refractivity (Wildman–Crippen MR) is 80.9 cm³/mol. The number of hydrogen-bond donors (Lipinski definition) is 3. The van der Waals surface area contributed by atoms with Gasteiger partial charge in [0.25, 0.3) is 5.91 Å². The zero-order valence-corrected chi connectivity index (χ0v) is 12.4. The summed E-state index contributed by atoms with van der Waals surface area (Å²) < 4.78 is 3.80. The maximum absolute atomic E-state index is 12.3. The molecule has 0 bridgehead atoms. The van der Waals surface area contributed by atoms with E-state index in [1.807, 2.05) is 13.8 Å². The summed E-state index contributed by atoms with van der Waals surface area (Å²) >= 11 is 1.06. The summed E-state index contributed by atoms with van der Waals surface area (Å²) in [6.45, 7) is 3.77. The number of nitrogens with one attached hydrogen (secondary N) is 1. The molecule has 110 valence electrons. The third-order valence-corrected chi connectivity index (χ3v) is 3.75. The monoisotopic (exact) mass is 305 g/mol. The molecule has 1 amide bonds. The highest BCUT2D eigenvalue weighted by Crippen LogP contribution is 2.20. The molecule has 21 heavy (non-hydrogen) atoms. The van der Waals surface area contributed by atoms with E-state index in [9.17, 15) is 4.79 Å². The van der Waals surface area contributed by atoms with Crippen molar-refractivity contribution in [2.75, 3.05) is 5.32 Å². The molecule has 1 aromatic carbocycles. The van der Waals surface area contributed by atoms with Crippen LogP contribution in [0.25, 0.3) is 0 Å². The minimum atomic E-state index is -0.262. The van der Waals surface area contributed by atoms with Crippen LogP contribution in [-0.2, 0) is 6.42 Å². The molecule has 0 unspecified atom stereocenters. The van der Waals surface area contributed by atoms with Gasteiger partial charge in [0.1, 0.15) is 4.88 Å². The Morgan fingerprint density at radius 1 is 1.52 bits per heavy atom. The number of nitrogens with two attached hydrogens (primary N) is 1. The first-order chi connectivity index (χ1) is 10.1. The van der Waals surface area contributed by atoms with Gasteiger partial charge in [0.15, 0.2) is 5.84 Å². The van der Waals surface area contributed by atoms with E-state index in [1.54, 1.807) is 18.2 Å². The molecule has 0 saturated carbocycles. The van der Waals surface area contributed by atoms with Gasteiger partial charge < -0.3 is 16.3 Å². The maximum atomic E-state index is 12.3. The summed E-state index contributed by atoms with van der Waals surface area (Å²) in [6, 6.07) is 5.16. The summed E-state index contributed by atoms with van der Waals surface area (Å²) in [5, 5.41) is 18.4. The number of amidine groups is 1. The average molecular weight is 305 g/mol. The van der Waals surface area contributed by atoms with Crippen molar-refractivity contribution in [2.24, 2.45) is 10.9 Å². The standard InChI is InChI=1S/C13H15N5O2S/c1-3-9-11(21-18-16-9)13(19)15-10-6-8(12(14)17-20)5-4-7(10)2/h4-6,20H,3H2,1-2H3,(H2,14,17)(H,15,19). The van der Waals surface area contributed by atoms with E-state index in [0.29, 0.717) is 28.2 Å². The van der Waals surface area contributed by atoms with Gasteiger partial charge in [0.2, 0.25) is 0 Å². The first kappa shape index (κ1) is 14.9. The summed E-state index contributed by atoms with van der Waals surface area (Å²) in [5.41, 5.74) is 8.21. The minimum Gasteiger partial charge on any atom is -0.409 e. The molecule has 2 aromatic rings. The lowest BCUT2D eigenvalue weighted by molar-refractivity contribution is 0.102. The normalized spacial score (nSPS) is 11.4. The number of carbonyl (C=O) groups is 1. The highest BCUT2D eigenvalue weighted by Gasteiger charge is 2.16. The third-order valence-electron chi connectivity index (χ3n) is 2.99. The van der Waals surface area contributed by atoms with E-state index >= 15 is 0 Å². The minimum absolute atomic E-state index is 0.0146. The topological polar surface area (TPSA) is 113 Å². The Labute approximate surface area is 125 Å². The van der Waals surface area contributed by atoms with E-state index in [0.717, 1.165) is 17.1 Å². The Kier molecular flexibility index (Phi) is 4.49. The molecule has 8 heteroatoms. The van der Waals surface area contributed by atoms with Gasteiger partial charge in [-0.25, -0.2) is 0 Å². The number of anilines is 1. The van der Waals surface area contributed by atoms with Crippen LogP contribution in [-0.4, -0.2) is 26.5 Å². The summed E-state index contributed by atoms with van der Waals surface area (Å²) in [6.07, 6.45) is 0.641. The second kappa shape index (κ2) is 6.31. The highest BCUT2D eigenvalue weighted by molar-refractivity contribution is 7.08. The molecule has 2 rings (SSSR count). The maximum Gasteiger partial charge on any atom is 0.269 e. The lowest BCUT2D eigenvalue weighted by Gasteiger charge is -2.09. The van der Waals surface area contributed by atoms with Crippen molar-refractivity contribution in [3.05, 3.63) is 39.9 Å². The van der Waals surface area contributed by atoms with E-state index in [1.165, 1.54) is 0 Å². The van der Waals surface area contributed by atoms with Crippen LogP contribution >= 0.6 is 11.5 Å². The van der Waals surface area contributed by atoms with Crippen LogP contribution in [0.15, 0.2) is 23.4 Å². The predicted octanol–water partition coefficient (Wildman–Crippen LogP) is 1.76. The lowest BCUT2D eigenvalue weighted by Crippen LogP contribution is -2.16. The molecule has 7 nitrogen and oxygen atoms in total. The third kappa shape index (κ3) is 3.16. The van der Waals surface area contributed by atoms with Gasteiger partial charge in [0.05, 0.1) is 5.69 Å². The van der Waals surface area contributed by atoms with Crippen molar-refractivity contribution < 1.29 is 10.0 Å². The Balaban J connectivity index is 2.29. The molecule has 0 aliphatic carbocycles. The van der Waals surface area contributed by atoms with Crippen LogP contribution in [0, 0.1) is 6.92 Å². The number of aryl methyl sites for hydroxylation is 2. The molecular formula is C13H15N5O2S. The molecule has 0 aliphatic heterocycles. The fraction of sp³-hybridized carbons (Fsp3) is 0.231. The fourth-order valence-electron chi connectivity index (χ4n) is 1.77. The summed E-state index contributed by atoms with van der Waals surface area (Å²) in [7, 11) is 0. The largest absolute Gasteiger partial charge is 0.409 e. The van der Waals surface area contributed by atoms with Crippen LogP contribution in [0.4, 0.5) is 5.69 Å². The van der Waals surface area contributed by atoms with Gasteiger partial charge >= 0.3 is 0 Å². The fourth-order valence-corrected chi connectivity index (χ4v) is 2.41. The van der Waals surface area contributed by atoms with Crippen molar-refractivity contribution in [1.29, 1.82) is 0 Å². The number of nitrogens with zero attached hydrogens (tertiary/aromatic N) is 3. The van der Waals surface area contributed by atoms with Crippen LogP contribution in [0.3, 0.4) is 0 Å². The van der Waals surface area contributed by atoms with Gasteiger partial charge in [-0.05, 0) is 36.5 Å². The van der Waals surface area contributed by atoms with Crippen LogP contribution in [0.2, 0.25) is 0 Å². The molecule has 0 radical (unpaired) electrons. The molecule has 0 aliphatic rings. The molecule has 0 saturated heterocycles. The van der Waals surface area contributed by atoms with E-state index in [2.05, 4.69) is 20.1 Å². The van der Waals surface area contributed by atoms with Crippen molar-refractivity contribution >= 4 is 29.0 Å². The first-order valence-electron chi connectivity index (χ1n) is 6.28. The Hall–Kier alpha value is -2.48. The summed E-state index contributed by atoms with van der Waals surface area (Å²) in [5.74, 6) is -0.277. The number of amides is 1. The Morgan fingerprint density at radius 3 is 2.95 bits per heavy atom. The van der Waals surface area contributed by atoms with Gasteiger partial charge in [-0.3, -0.25) is 4.79 Å². The number of rotatable bonds is 4. The molecule has 0 spiro atoms. The number of hydrogen-bond acceptors (Lipinski definition) is 6. The van der Waals surface area contributed by atoms with Crippen LogP contribution < -0.4 is 11.1 Å². The molecule has 4 N–H and O–H groups in total. The number of carbonyl (C=O) groups excluding carboxylic acids is 1. The van der Waals surface area contributed by atoms with Crippen molar-refractivity contribution in [2.45, 2.75) is 20.3 Å². The molecular weight excluding hydrogens is 290 g/mol. The lowest BCUT2D eigenvalue weighted by atomic mass is 10.1. The smallest absolute Gasteiger partial charge is 0.269 e. The molecule has 1 aromatic heterocycles. The van der Waals surface area contributed by atoms with Gasteiger partial charge in [-0.1, -0.05) is 28.7 Å². The summed E-state index contributed by atoms with van der Waals surface area (Å²) in [4.78, 5) is 12.8. The number of aromatic nitrogens is 2. The number of benzene rings is 1.